The lowest BCUT2D eigenvalue weighted by Gasteiger charge is -2.24. The van der Waals surface area contributed by atoms with Gasteiger partial charge in [0.05, 0.1) is 0 Å². The molecule has 0 fully saturated rings. The van der Waals surface area contributed by atoms with Gasteiger partial charge in [-0.05, 0) is 89.6 Å². The van der Waals surface area contributed by atoms with Crippen molar-refractivity contribution in [1.82, 2.24) is 20.9 Å². The lowest BCUT2D eigenvalue weighted by molar-refractivity contribution is -0.147. The summed E-state index contributed by atoms with van der Waals surface area (Å²) in [5.74, 6) is -2.46. The first-order valence-corrected chi connectivity index (χ1v) is 18.5. The van der Waals surface area contributed by atoms with Crippen LogP contribution in [-0.4, -0.2) is 88.3 Å². The van der Waals surface area contributed by atoms with E-state index < -0.39 is 41.0 Å². The third-order valence-corrected chi connectivity index (χ3v) is 9.74. The molecular formula is C33H51N7O8S2. The quantitative estimate of drug-likeness (QED) is 0.0187. The molecule has 0 saturated carbocycles. The number of hydrogen-bond acceptors (Lipinski definition) is 13. The molecule has 1 aromatic rings. The molecule has 2 rings (SSSR count). The summed E-state index contributed by atoms with van der Waals surface area (Å²) in [5.41, 5.74) is 12.2. The Morgan fingerprint density at radius 2 is 1.56 bits per heavy atom. The number of thiol groups is 1. The van der Waals surface area contributed by atoms with E-state index in [9.17, 15) is 33.9 Å². The minimum atomic E-state index is -1.23. The molecule has 1 aliphatic rings. The van der Waals surface area contributed by atoms with E-state index in [2.05, 4.69) is 32.9 Å². The van der Waals surface area contributed by atoms with Crippen molar-refractivity contribution in [3.05, 3.63) is 42.0 Å². The highest BCUT2D eigenvalue weighted by atomic mass is 33.1. The normalized spacial score (nSPS) is 14.6. The average molecular weight is 738 g/mol. The number of rotatable bonds is 24. The number of esters is 1. The first-order valence-electron chi connectivity index (χ1n) is 16.7. The van der Waals surface area contributed by atoms with Gasteiger partial charge in [0, 0.05) is 30.8 Å². The van der Waals surface area contributed by atoms with Gasteiger partial charge in [0.2, 0.25) is 17.7 Å². The number of nitrogens with zero attached hydrogens (tertiary/aromatic N) is 1. The Morgan fingerprint density at radius 1 is 0.920 bits per heavy atom. The van der Waals surface area contributed by atoms with Crippen molar-refractivity contribution in [1.29, 1.82) is 0 Å². The van der Waals surface area contributed by atoms with Crippen LogP contribution in [0.3, 0.4) is 0 Å². The third-order valence-electron chi connectivity index (χ3n) is 7.75. The van der Waals surface area contributed by atoms with E-state index in [1.807, 2.05) is 0 Å². The van der Waals surface area contributed by atoms with Crippen LogP contribution >= 0.6 is 22.5 Å². The largest absolute Gasteiger partial charge is 0.460 e. The number of ether oxygens (including phenoxy) is 1. The summed E-state index contributed by atoms with van der Waals surface area (Å²) in [6.07, 6.45) is 5.10. The second kappa shape index (κ2) is 22.4. The molecule has 9 N–H and O–H groups in total. The van der Waals surface area contributed by atoms with Crippen LogP contribution in [0.2, 0.25) is 0 Å². The van der Waals surface area contributed by atoms with Crippen molar-refractivity contribution in [3.63, 3.8) is 0 Å². The Hall–Kier alpha value is -3.48. The minimum Gasteiger partial charge on any atom is -0.460 e. The number of hydrogen-bond donors (Lipinski definition) is 8. The van der Waals surface area contributed by atoms with Crippen LogP contribution in [0.15, 0.2) is 36.4 Å². The summed E-state index contributed by atoms with van der Waals surface area (Å²) in [6.45, 7) is 4.42. The van der Waals surface area contributed by atoms with Crippen molar-refractivity contribution in [2.75, 3.05) is 25.0 Å². The Morgan fingerprint density at radius 3 is 2.18 bits per heavy atom. The van der Waals surface area contributed by atoms with Crippen molar-refractivity contribution >= 4 is 63.6 Å². The maximum absolute atomic E-state index is 13.5. The summed E-state index contributed by atoms with van der Waals surface area (Å²) in [4.78, 5) is 76.5. The second-order valence-corrected chi connectivity index (χ2v) is 14.1. The van der Waals surface area contributed by atoms with Crippen molar-refractivity contribution in [2.45, 2.75) is 101 Å². The zero-order chi connectivity index (χ0) is 37.1. The second-order valence-electron chi connectivity index (χ2n) is 12.3. The van der Waals surface area contributed by atoms with Crippen molar-refractivity contribution in [3.8, 4) is 0 Å². The molecule has 0 bridgehead atoms. The number of benzene rings is 1. The number of amides is 5. The van der Waals surface area contributed by atoms with Gasteiger partial charge in [-0.15, -0.1) is 11.7 Å². The monoisotopic (exact) mass is 737 g/mol. The van der Waals surface area contributed by atoms with Crippen LogP contribution in [0, 0.1) is 0 Å². The number of nitrogens with two attached hydrogens (primary N) is 2. The van der Waals surface area contributed by atoms with Gasteiger partial charge < -0.3 is 31.5 Å². The SMILES string of the molecule is CC(C)(SS)C(=O)OCc1ccc(NC(=O)[C@H](CCCNC(N)O)NC(=O)[C@H](CCCCN)NC(=O)CCCCCN2C(=O)C=CC2=O)cc1. The zero-order valence-electron chi connectivity index (χ0n) is 28.7. The Kier molecular flexibility index (Phi) is 19.1. The average Bonchev–Trinajstić information content (AvgIpc) is 3.40. The number of aliphatic hydroxyl groups is 1. The van der Waals surface area contributed by atoms with E-state index in [4.69, 9.17) is 16.2 Å². The summed E-state index contributed by atoms with van der Waals surface area (Å²) in [7, 11) is 1.09. The number of imide groups is 1. The smallest absolute Gasteiger partial charge is 0.322 e. The van der Waals surface area contributed by atoms with Crippen LogP contribution in [0.1, 0.15) is 77.2 Å². The topological polar surface area (TPSA) is 235 Å². The highest BCUT2D eigenvalue weighted by Crippen LogP contribution is 2.29. The summed E-state index contributed by atoms with van der Waals surface area (Å²) in [6, 6.07) is 4.81. The van der Waals surface area contributed by atoms with Crippen LogP contribution < -0.4 is 32.7 Å². The summed E-state index contributed by atoms with van der Waals surface area (Å²) >= 11 is 4.11. The van der Waals surface area contributed by atoms with Crippen LogP contribution in [0.5, 0.6) is 0 Å². The van der Waals surface area contributed by atoms with Gasteiger partial charge >= 0.3 is 5.97 Å². The molecule has 1 aromatic carbocycles. The van der Waals surface area contributed by atoms with Gasteiger partial charge in [0.15, 0.2) is 6.35 Å². The molecule has 3 atom stereocenters. The molecule has 1 aliphatic heterocycles. The summed E-state index contributed by atoms with van der Waals surface area (Å²) in [5, 5.41) is 20.3. The number of carbonyl (C=O) groups excluding carboxylic acids is 6. The molecule has 278 valence electrons. The molecule has 15 nitrogen and oxygen atoms in total. The molecule has 1 heterocycles. The van der Waals surface area contributed by atoms with Crippen molar-refractivity contribution in [2.24, 2.45) is 11.5 Å². The highest BCUT2D eigenvalue weighted by molar-refractivity contribution is 8.69. The van der Waals surface area contributed by atoms with E-state index >= 15 is 0 Å². The molecule has 1 unspecified atom stereocenters. The number of unbranched alkanes of at least 4 members (excludes halogenated alkanes) is 3. The molecule has 50 heavy (non-hydrogen) atoms. The first kappa shape index (κ1) is 42.7. The lowest BCUT2D eigenvalue weighted by atomic mass is 10.1. The fourth-order valence-corrected chi connectivity index (χ4v) is 5.14. The predicted molar refractivity (Wildman–Crippen MR) is 194 cm³/mol. The van der Waals surface area contributed by atoms with Gasteiger partial charge in [-0.2, -0.15) is 0 Å². The lowest BCUT2D eigenvalue weighted by Crippen LogP contribution is -2.52. The number of nitrogens with one attached hydrogen (secondary N) is 4. The van der Waals surface area contributed by atoms with Crippen LogP contribution in [-0.2, 0) is 40.1 Å². The molecule has 17 heteroatoms. The van der Waals surface area contributed by atoms with Crippen LogP contribution in [0.25, 0.3) is 0 Å². The third kappa shape index (κ3) is 15.6. The van der Waals surface area contributed by atoms with E-state index in [1.165, 1.54) is 12.2 Å². The molecule has 0 radical (unpaired) electrons. The van der Waals surface area contributed by atoms with Gasteiger partial charge in [-0.25, -0.2) is 0 Å². The van der Waals surface area contributed by atoms with E-state index in [-0.39, 0.29) is 50.3 Å². The Balaban J connectivity index is 2.00. The van der Waals surface area contributed by atoms with Gasteiger partial charge in [-0.1, -0.05) is 29.3 Å². The molecule has 0 saturated heterocycles. The standard InChI is InChI=1S/C33H51N7O8S2/c1-33(2,50-49)31(46)48-21-22-12-14-23(15-13-22)37-29(44)25(10-8-19-36-32(35)47)39-30(45)24(9-5-6-18-34)38-26(41)11-4-3-7-20-40-27(42)16-17-28(40)43/h12-17,24-25,32,36,47,49H,3-11,18-21,34-35H2,1-2H3,(H,37,44)(H,38,41)(H,39,45)/t24-,25-,32?/m0/s1. The van der Waals surface area contributed by atoms with E-state index in [1.54, 1.807) is 38.1 Å². The highest BCUT2D eigenvalue weighted by Gasteiger charge is 2.29. The summed E-state index contributed by atoms with van der Waals surface area (Å²) < 4.78 is 4.56. The fraction of sp³-hybridized carbons (Fsp3) is 0.576. The Labute approximate surface area is 302 Å². The maximum Gasteiger partial charge on any atom is 0.322 e. The van der Waals surface area contributed by atoms with Crippen LogP contribution in [0.4, 0.5) is 5.69 Å². The van der Waals surface area contributed by atoms with E-state index in [0.29, 0.717) is 62.7 Å². The van der Waals surface area contributed by atoms with Gasteiger partial charge in [0.1, 0.15) is 23.4 Å². The molecule has 0 spiro atoms. The maximum atomic E-state index is 13.5. The number of anilines is 1. The molecule has 0 aliphatic carbocycles. The number of aliphatic hydroxyl groups excluding tert-OH is 1. The van der Waals surface area contributed by atoms with Gasteiger partial charge in [0.25, 0.3) is 11.8 Å². The van der Waals surface area contributed by atoms with Crippen molar-refractivity contribution < 1.29 is 38.6 Å². The molecule has 5 amide bonds. The Bertz CT molecular complexity index is 1310. The number of carbonyl (C=O) groups is 6. The first-order chi connectivity index (χ1) is 23.8. The predicted octanol–water partition coefficient (Wildman–Crippen LogP) is 1.21. The molecule has 0 aromatic heterocycles. The fourth-order valence-electron chi connectivity index (χ4n) is 4.78. The van der Waals surface area contributed by atoms with Gasteiger partial charge in [-0.3, -0.25) is 44.7 Å². The zero-order valence-corrected chi connectivity index (χ0v) is 30.4. The molecular weight excluding hydrogens is 687 g/mol. The van der Waals surface area contributed by atoms with E-state index in [0.717, 1.165) is 15.7 Å². The minimum absolute atomic E-state index is 0.0408.